The molecule has 1 aliphatic rings. The first-order chi connectivity index (χ1) is 9.00. The zero-order valence-corrected chi connectivity index (χ0v) is 11.6. The molecule has 3 N–H and O–H groups in total. The lowest BCUT2D eigenvalue weighted by atomic mass is 10.2. The number of sulfonamides is 1. The van der Waals surface area contributed by atoms with E-state index in [0.29, 0.717) is 18.7 Å². The lowest BCUT2D eigenvalue weighted by molar-refractivity contribution is 0.213. The molecule has 0 unspecified atom stereocenters. The van der Waals surface area contributed by atoms with Crippen LogP contribution < -0.4 is 10.5 Å². The van der Waals surface area contributed by atoms with E-state index in [0.717, 1.165) is 6.42 Å². The summed E-state index contributed by atoms with van der Waals surface area (Å²) in [5, 5.41) is 9.23. The third kappa shape index (κ3) is 2.54. The van der Waals surface area contributed by atoms with Crippen LogP contribution in [0.2, 0.25) is 0 Å². The summed E-state index contributed by atoms with van der Waals surface area (Å²) in [7, 11) is -2.14. The number of aliphatic hydroxyl groups excluding tert-OH is 1. The van der Waals surface area contributed by atoms with Gasteiger partial charge in [-0.05, 0) is 31.0 Å². The Bertz CT molecular complexity index is 559. The number of methoxy groups -OCH3 is 1. The van der Waals surface area contributed by atoms with Crippen molar-refractivity contribution in [2.75, 3.05) is 26.0 Å². The molecule has 0 bridgehead atoms. The highest BCUT2D eigenvalue weighted by molar-refractivity contribution is 7.89. The summed E-state index contributed by atoms with van der Waals surface area (Å²) in [6.07, 6.45) is 1.44. The third-order valence-corrected chi connectivity index (χ3v) is 5.29. The molecule has 106 valence electrons. The van der Waals surface area contributed by atoms with Gasteiger partial charge < -0.3 is 15.6 Å². The van der Waals surface area contributed by atoms with Gasteiger partial charge >= 0.3 is 0 Å². The maximum atomic E-state index is 12.5. The Balaban J connectivity index is 2.37. The molecular weight excluding hydrogens is 268 g/mol. The van der Waals surface area contributed by atoms with E-state index in [1.54, 1.807) is 0 Å². The number of ether oxygens (including phenoxy) is 1. The predicted molar refractivity (Wildman–Crippen MR) is 71.4 cm³/mol. The molecule has 0 saturated carbocycles. The normalized spacial score (nSPS) is 20.6. The van der Waals surface area contributed by atoms with Crippen LogP contribution in [0.5, 0.6) is 5.75 Å². The Hall–Kier alpha value is -1.31. The molecule has 2 rings (SSSR count). The van der Waals surface area contributed by atoms with Gasteiger partial charge in [0.25, 0.3) is 0 Å². The first-order valence-electron chi connectivity index (χ1n) is 6.07. The highest BCUT2D eigenvalue weighted by Gasteiger charge is 2.34. The summed E-state index contributed by atoms with van der Waals surface area (Å²) in [5.74, 6) is 0.444. The number of nitrogens with zero attached hydrogens (tertiary/aromatic N) is 1. The van der Waals surface area contributed by atoms with Crippen molar-refractivity contribution >= 4 is 15.7 Å². The van der Waals surface area contributed by atoms with Gasteiger partial charge in [0.15, 0.2) is 0 Å². The molecule has 0 aliphatic carbocycles. The largest absolute Gasteiger partial charge is 0.495 e. The smallest absolute Gasteiger partial charge is 0.243 e. The molecule has 0 aromatic heterocycles. The van der Waals surface area contributed by atoms with Crippen molar-refractivity contribution in [1.29, 1.82) is 0 Å². The van der Waals surface area contributed by atoms with E-state index >= 15 is 0 Å². The number of nitrogen functional groups attached to an aromatic ring is 1. The summed E-state index contributed by atoms with van der Waals surface area (Å²) < 4.78 is 31.3. The minimum atomic E-state index is -3.61. The number of hydrogen-bond acceptors (Lipinski definition) is 5. The Kier molecular flexibility index (Phi) is 3.98. The van der Waals surface area contributed by atoms with Crippen LogP contribution in [0.4, 0.5) is 5.69 Å². The van der Waals surface area contributed by atoms with E-state index in [-0.39, 0.29) is 23.2 Å². The van der Waals surface area contributed by atoms with E-state index in [1.165, 1.54) is 29.6 Å². The van der Waals surface area contributed by atoms with E-state index in [1.807, 2.05) is 0 Å². The second kappa shape index (κ2) is 5.36. The van der Waals surface area contributed by atoms with Crippen LogP contribution in [-0.2, 0) is 10.0 Å². The molecule has 0 radical (unpaired) electrons. The van der Waals surface area contributed by atoms with Gasteiger partial charge in [-0.2, -0.15) is 4.31 Å². The lowest BCUT2D eigenvalue weighted by Gasteiger charge is -2.22. The Labute approximate surface area is 112 Å². The van der Waals surface area contributed by atoms with Crippen molar-refractivity contribution in [3.05, 3.63) is 18.2 Å². The molecule has 6 nitrogen and oxygen atoms in total. The second-order valence-corrected chi connectivity index (χ2v) is 6.39. The zero-order chi connectivity index (χ0) is 14.0. The van der Waals surface area contributed by atoms with Crippen molar-refractivity contribution < 1.29 is 18.3 Å². The minimum Gasteiger partial charge on any atom is -0.495 e. The molecule has 1 fully saturated rings. The fourth-order valence-electron chi connectivity index (χ4n) is 2.32. The average Bonchev–Trinajstić information content (AvgIpc) is 2.87. The molecule has 1 aromatic carbocycles. The van der Waals surface area contributed by atoms with Crippen LogP contribution in [-0.4, -0.2) is 44.1 Å². The maximum absolute atomic E-state index is 12.5. The van der Waals surface area contributed by atoms with Crippen LogP contribution in [0.15, 0.2) is 23.1 Å². The molecule has 19 heavy (non-hydrogen) atoms. The maximum Gasteiger partial charge on any atom is 0.243 e. The second-order valence-electron chi connectivity index (χ2n) is 4.50. The first-order valence-corrected chi connectivity index (χ1v) is 7.51. The average molecular weight is 286 g/mol. The number of nitrogens with two attached hydrogens (primary N) is 1. The Morgan fingerprint density at radius 2 is 2.26 bits per heavy atom. The van der Waals surface area contributed by atoms with Crippen molar-refractivity contribution in [1.82, 2.24) is 4.31 Å². The lowest BCUT2D eigenvalue weighted by Crippen LogP contribution is -2.37. The van der Waals surface area contributed by atoms with Gasteiger partial charge in [0.1, 0.15) is 5.75 Å². The molecule has 1 aliphatic heterocycles. The quantitative estimate of drug-likeness (QED) is 0.783. The topological polar surface area (TPSA) is 92.9 Å². The van der Waals surface area contributed by atoms with Crippen molar-refractivity contribution in [2.24, 2.45) is 0 Å². The number of aliphatic hydroxyl groups is 1. The number of anilines is 1. The van der Waals surface area contributed by atoms with Gasteiger partial charge in [-0.15, -0.1) is 0 Å². The fourth-order valence-corrected chi connectivity index (χ4v) is 4.04. The standard InChI is InChI=1S/C12H18N2O4S/c1-18-12-5-4-10(7-11(12)13)19(16,17)14-6-2-3-9(14)8-15/h4-5,7,9,15H,2-3,6,8,13H2,1H3/t9-/m1/s1. The highest BCUT2D eigenvalue weighted by Crippen LogP contribution is 2.29. The van der Waals surface area contributed by atoms with Crippen molar-refractivity contribution in [3.63, 3.8) is 0 Å². The molecular formula is C12H18N2O4S. The van der Waals surface area contributed by atoms with Crippen molar-refractivity contribution in [2.45, 2.75) is 23.8 Å². The monoisotopic (exact) mass is 286 g/mol. The number of rotatable bonds is 4. The van der Waals surface area contributed by atoms with E-state index in [2.05, 4.69) is 0 Å². The van der Waals surface area contributed by atoms with E-state index in [9.17, 15) is 13.5 Å². The van der Waals surface area contributed by atoms with Gasteiger partial charge in [0.2, 0.25) is 10.0 Å². The molecule has 1 atom stereocenters. The van der Waals surface area contributed by atoms with Gasteiger partial charge in [-0.25, -0.2) is 8.42 Å². The van der Waals surface area contributed by atoms with Gasteiger partial charge in [0, 0.05) is 12.6 Å². The third-order valence-electron chi connectivity index (χ3n) is 3.34. The summed E-state index contributed by atoms with van der Waals surface area (Å²) in [4.78, 5) is 0.131. The van der Waals surface area contributed by atoms with Gasteiger partial charge in [-0.3, -0.25) is 0 Å². The van der Waals surface area contributed by atoms with E-state index < -0.39 is 10.0 Å². The van der Waals surface area contributed by atoms with E-state index in [4.69, 9.17) is 10.5 Å². The summed E-state index contributed by atoms with van der Waals surface area (Å²) in [6.45, 7) is 0.268. The van der Waals surface area contributed by atoms with Crippen LogP contribution >= 0.6 is 0 Å². The van der Waals surface area contributed by atoms with Crippen LogP contribution in [0, 0.1) is 0 Å². The molecule has 7 heteroatoms. The molecule has 0 amide bonds. The SMILES string of the molecule is COc1ccc(S(=O)(=O)N2CCC[C@@H]2CO)cc1N. The van der Waals surface area contributed by atoms with Gasteiger partial charge in [0.05, 0.1) is 24.3 Å². The highest BCUT2D eigenvalue weighted by atomic mass is 32.2. The van der Waals surface area contributed by atoms with Gasteiger partial charge in [-0.1, -0.05) is 0 Å². The Morgan fingerprint density at radius 1 is 1.53 bits per heavy atom. The Morgan fingerprint density at radius 3 is 2.84 bits per heavy atom. The summed E-state index contributed by atoms with van der Waals surface area (Å²) in [6, 6.07) is 4.05. The predicted octanol–water partition coefficient (Wildman–Crippen LogP) is 0.423. The molecule has 1 saturated heterocycles. The molecule has 0 spiro atoms. The van der Waals surface area contributed by atoms with Crippen LogP contribution in [0.1, 0.15) is 12.8 Å². The van der Waals surface area contributed by atoms with Crippen LogP contribution in [0.25, 0.3) is 0 Å². The minimum absolute atomic E-state index is 0.131. The zero-order valence-electron chi connectivity index (χ0n) is 10.7. The molecule has 1 heterocycles. The number of hydrogen-bond donors (Lipinski definition) is 2. The van der Waals surface area contributed by atoms with Crippen LogP contribution in [0.3, 0.4) is 0 Å². The first kappa shape index (κ1) is 14.1. The van der Waals surface area contributed by atoms with Crippen molar-refractivity contribution in [3.8, 4) is 5.75 Å². The fraction of sp³-hybridized carbons (Fsp3) is 0.500. The molecule has 1 aromatic rings. The summed E-state index contributed by atoms with van der Waals surface area (Å²) in [5.41, 5.74) is 6.02. The number of benzene rings is 1. The summed E-state index contributed by atoms with van der Waals surface area (Å²) >= 11 is 0.